The largest absolute Gasteiger partial charge is 0.493 e. The van der Waals surface area contributed by atoms with E-state index >= 15 is 0 Å². The highest BCUT2D eigenvalue weighted by Gasteiger charge is 2.18. The topological polar surface area (TPSA) is 82.6 Å². The molecule has 0 fully saturated rings. The van der Waals surface area contributed by atoms with Crippen LogP contribution in [-0.4, -0.2) is 37.4 Å². The lowest BCUT2D eigenvalue weighted by atomic mass is 10.1. The molecule has 0 spiro atoms. The monoisotopic (exact) mass is 485 g/mol. The molecule has 11 heteroatoms. The number of benzene rings is 2. The number of hydrogen-bond donors (Lipinski definition) is 1. The lowest BCUT2D eigenvalue weighted by molar-refractivity contribution is 0.102. The van der Waals surface area contributed by atoms with Gasteiger partial charge in [0, 0.05) is 11.3 Å². The summed E-state index contributed by atoms with van der Waals surface area (Å²) in [5.41, 5.74) is 1.34. The van der Waals surface area contributed by atoms with Crippen LogP contribution in [0.2, 0.25) is 10.0 Å². The van der Waals surface area contributed by atoms with Crippen molar-refractivity contribution in [3.8, 4) is 17.2 Å². The Morgan fingerprint density at radius 1 is 1.03 bits per heavy atom. The van der Waals surface area contributed by atoms with Crippen LogP contribution < -0.4 is 19.5 Å². The van der Waals surface area contributed by atoms with Crippen molar-refractivity contribution in [2.45, 2.75) is 10.1 Å². The van der Waals surface area contributed by atoms with Crippen LogP contribution in [-0.2, 0) is 5.75 Å². The molecule has 0 saturated heterocycles. The maximum atomic E-state index is 12.6. The highest BCUT2D eigenvalue weighted by atomic mass is 35.5. The van der Waals surface area contributed by atoms with E-state index in [0.29, 0.717) is 48.1 Å². The molecule has 3 aromatic rings. The fraction of sp³-hybridized carbons (Fsp3) is 0.211. The molecule has 0 atom stereocenters. The van der Waals surface area contributed by atoms with Crippen LogP contribution in [0.3, 0.4) is 0 Å². The summed E-state index contributed by atoms with van der Waals surface area (Å²) in [7, 11) is 4.47. The molecule has 3 rings (SSSR count). The van der Waals surface area contributed by atoms with Gasteiger partial charge in [0.2, 0.25) is 10.9 Å². The van der Waals surface area contributed by atoms with Crippen LogP contribution in [0.15, 0.2) is 34.7 Å². The molecule has 0 saturated carbocycles. The molecular weight excluding hydrogens is 469 g/mol. The molecule has 0 radical (unpaired) electrons. The summed E-state index contributed by atoms with van der Waals surface area (Å²) in [4.78, 5) is 12.6. The Bertz CT molecular complexity index is 1040. The van der Waals surface area contributed by atoms with Gasteiger partial charge < -0.3 is 14.2 Å². The van der Waals surface area contributed by atoms with Gasteiger partial charge in [0.25, 0.3) is 5.91 Å². The second-order valence-corrected chi connectivity index (χ2v) is 8.79. The number of carbonyl (C=O) groups excluding carboxylic acids is 1. The molecule has 1 aromatic heterocycles. The van der Waals surface area contributed by atoms with Crippen molar-refractivity contribution in [3.63, 3.8) is 0 Å². The molecule has 0 unspecified atom stereocenters. The fourth-order valence-corrected chi connectivity index (χ4v) is 4.49. The first kappa shape index (κ1) is 22.5. The molecule has 1 amide bonds. The quantitative estimate of drug-likeness (QED) is 0.337. The third kappa shape index (κ3) is 5.28. The third-order valence-corrected chi connectivity index (χ3v) is 6.68. The molecule has 30 heavy (non-hydrogen) atoms. The fourth-order valence-electron chi connectivity index (χ4n) is 2.47. The number of nitrogens with zero attached hydrogens (tertiary/aromatic N) is 2. The Balaban J connectivity index is 1.68. The van der Waals surface area contributed by atoms with Gasteiger partial charge in [-0.2, -0.15) is 0 Å². The number of halogens is 2. The first-order valence-electron chi connectivity index (χ1n) is 8.46. The summed E-state index contributed by atoms with van der Waals surface area (Å²) < 4.78 is 16.5. The van der Waals surface area contributed by atoms with Gasteiger partial charge in [-0.05, 0) is 29.8 Å². The number of rotatable bonds is 8. The Morgan fingerprint density at radius 2 is 1.73 bits per heavy atom. The zero-order valence-electron chi connectivity index (χ0n) is 16.2. The van der Waals surface area contributed by atoms with E-state index in [-0.39, 0.29) is 5.91 Å². The number of hydrogen-bond acceptors (Lipinski definition) is 8. The van der Waals surface area contributed by atoms with E-state index in [1.54, 1.807) is 18.2 Å². The number of methoxy groups -OCH3 is 3. The van der Waals surface area contributed by atoms with Crippen molar-refractivity contribution in [1.29, 1.82) is 0 Å². The first-order chi connectivity index (χ1) is 14.4. The molecule has 0 aliphatic carbocycles. The van der Waals surface area contributed by atoms with Crippen molar-refractivity contribution in [2.24, 2.45) is 0 Å². The molecular formula is C19H17Cl2N3O4S2. The summed E-state index contributed by atoms with van der Waals surface area (Å²) in [6.45, 7) is 0. The van der Waals surface area contributed by atoms with Gasteiger partial charge in [0.05, 0.1) is 31.4 Å². The van der Waals surface area contributed by atoms with Gasteiger partial charge in [0.15, 0.2) is 15.8 Å². The number of aromatic nitrogens is 2. The summed E-state index contributed by atoms with van der Waals surface area (Å²) >= 11 is 14.7. The second kappa shape index (κ2) is 10.2. The molecule has 0 bridgehead atoms. The highest BCUT2D eigenvalue weighted by Crippen LogP contribution is 2.38. The smallest absolute Gasteiger partial charge is 0.257 e. The maximum Gasteiger partial charge on any atom is 0.257 e. The molecule has 1 heterocycles. The van der Waals surface area contributed by atoms with Gasteiger partial charge in [-0.3, -0.25) is 10.1 Å². The van der Waals surface area contributed by atoms with Crippen LogP contribution in [0.5, 0.6) is 17.2 Å². The number of nitrogens with one attached hydrogen (secondary N) is 1. The lowest BCUT2D eigenvalue weighted by Crippen LogP contribution is -2.12. The number of anilines is 1. The van der Waals surface area contributed by atoms with Crippen LogP contribution in [0.1, 0.15) is 15.9 Å². The Kier molecular flexibility index (Phi) is 7.65. The SMILES string of the molecule is COc1cc(C(=O)Nc2nnc(SCc3ccc(Cl)c(Cl)c3)s2)cc(OC)c1OC. The van der Waals surface area contributed by atoms with E-state index in [4.69, 9.17) is 37.4 Å². The summed E-state index contributed by atoms with van der Waals surface area (Å²) in [5.74, 6) is 1.46. The molecule has 7 nitrogen and oxygen atoms in total. The van der Waals surface area contributed by atoms with Crippen LogP contribution in [0.4, 0.5) is 5.13 Å². The minimum absolute atomic E-state index is 0.338. The standard InChI is InChI=1S/C19H17Cl2N3O4S2/c1-26-14-7-11(8-15(27-2)16(14)28-3)17(25)22-18-23-24-19(30-18)29-9-10-4-5-12(20)13(21)6-10/h4-8H,9H2,1-3H3,(H,22,23,25). The molecule has 2 aromatic carbocycles. The minimum atomic E-state index is -0.369. The molecule has 158 valence electrons. The van der Waals surface area contributed by atoms with Gasteiger partial charge in [-0.1, -0.05) is 52.4 Å². The van der Waals surface area contributed by atoms with Crippen LogP contribution >= 0.6 is 46.3 Å². The van der Waals surface area contributed by atoms with E-state index in [0.717, 1.165) is 5.56 Å². The van der Waals surface area contributed by atoms with Crippen molar-refractivity contribution in [1.82, 2.24) is 10.2 Å². The second-order valence-electron chi connectivity index (χ2n) is 5.78. The van der Waals surface area contributed by atoms with Gasteiger partial charge in [-0.15, -0.1) is 10.2 Å². The Morgan fingerprint density at radius 3 is 2.33 bits per heavy atom. The summed E-state index contributed by atoms with van der Waals surface area (Å²) in [6.07, 6.45) is 0. The zero-order valence-corrected chi connectivity index (χ0v) is 19.3. The lowest BCUT2D eigenvalue weighted by Gasteiger charge is -2.13. The van der Waals surface area contributed by atoms with Crippen LogP contribution in [0, 0.1) is 0 Å². The molecule has 0 aliphatic heterocycles. The first-order valence-corrected chi connectivity index (χ1v) is 11.0. The maximum absolute atomic E-state index is 12.6. The van der Waals surface area contributed by atoms with Gasteiger partial charge in [-0.25, -0.2) is 0 Å². The van der Waals surface area contributed by atoms with Crippen molar-refractivity contribution < 1.29 is 19.0 Å². The van der Waals surface area contributed by atoms with E-state index in [9.17, 15) is 4.79 Å². The number of amides is 1. The highest BCUT2D eigenvalue weighted by molar-refractivity contribution is 8.00. The minimum Gasteiger partial charge on any atom is -0.493 e. The average molecular weight is 486 g/mol. The predicted octanol–water partition coefficient (Wildman–Crippen LogP) is 5.42. The van der Waals surface area contributed by atoms with Crippen molar-refractivity contribution >= 4 is 57.3 Å². The Labute approximate surface area is 191 Å². The van der Waals surface area contributed by atoms with E-state index < -0.39 is 0 Å². The predicted molar refractivity (Wildman–Crippen MR) is 120 cm³/mol. The number of carbonyl (C=O) groups is 1. The zero-order chi connectivity index (χ0) is 21.7. The van der Waals surface area contributed by atoms with Crippen molar-refractivity contribution in [2.75, 3.05) is 26.6 Å². The number of thioether (sulfide) groups is 1. The molecule has 0 aliphatic rings. The van der Waals surface area contributed by atoms with Gasteiger partial charge in [0.1, 0.15) is 0 Å². The Hall–Kier alpha value is -2.20. The van der Waals surface area contributed by atoms with Crippen molar-refractivity contribution in [3.05, 3.63) is 51.5 Å². The number of ether oxygens (including phenoxy) is 3. The third-order valence-electron chi connectivity index (χ3n) is 3.90. The summed E-state index contributed by atoms with van der Waals surface area (Å²) in [6, 6.07) is 8.60. The average Bonchev–Trinajstić information content (AvgIpc) is 3.20. The van der Waals surface area contributed by atoms with E-state index in [1.807, 2.05) is 12.1 Å². The summed E-state index contributed by atoms with van der Waals surface area (Å²) in [5, 5.41) is 12.3. The van der Waals surface area contributed by atoms with E-state index in [2.05, 4.69) is 15.5 Å². The van der Waals surface area contributed by atoms with Crippen LogP contribution in [0.25, 0.3) is 0 Å². The normalized spacial score (nSPS) is 10.6. The van der Waals surface area contributed by atoms with Gasteiger partial charge >= 0.3 is 0 Å². The van der Waals surface area contributed by atoms with E-state index in [1.165, 1.54) is 44.4 Å². The molecule has 1 N–H and O–H groups in total.